The average molecular weight is 804 g/mol. The van der Waals surface area contributed by atoms with Gasteiger partial charge in [0, 0.05) is 121 Å². The summed E-state index contributed by atoms with van der Waals surface area (Å²) < 4.78 is 7.74. The molecule has 0 spiro atoms. The molecule has 0 radical (unpaired) electrons. The lowest BCUT2D eigenvalue weighted by Crippen LogP contribution is -2.31. The maximum absolute atomic E-state index is 10.6. The highest BCUT2D eigenvalue weighted by Gasteiger charge is 2.20. The Morgan fingerprint density at radius 1 is 0.459 bits per heavy atom. The van der Waals surface area contributed by atoms with E-state index >= 15 is 0 Å². The van der Waals surface area contributed by atoms with Gasteiger partial charge in [-0.1, -0.05) is 24.3 Å². The first-order valence-corrected chi connectivity index (χ1v) is 20.4. The fourth-order valence-corrected chi connectivity index (χ4v) is 8.52. The largest absolute Gasteiger partial charge is 0.494 e. The Morgan fingerprint density at radius 3 is 1.28 bits per heavy atom. The molecule has 1 aliphatic heterocycles. The maximum atomic E-state index is 10.6. The van der Waals surface area contributed by atoms with Crippen molar-refractivity contribution in [2.45, 2.75) is 20.4 Å². The first kappa shape index (κ1) is 37.4. The number of pyridine rings is 3. The van der Waals surface area contributed by atoms with Gasteiger partial charge >= 0.3 is 0 Å². The molecule has 8 bridgehead atoms. The SMILES string of the molecule is Cc1cc(O)n(Cc2ccc(C3=c4ccc([nH]4)=C(c4cc[n+](C)cc4)c4ccc([nH]4)C(c4cc[n+](C)cc4)=c4ccc([nH]4)=C(c4cc[n+](C)c(C)c4)c4ccc3[nH]4)cc2)c1O. The molecule has 0 atom stereocenters. The highest BCUT2D eigenvalue weighted by molar-refractivity contribution is 5.84. The first-order valence-electron chi connectivity index (χ1n) is 20.4. The van der Waals surface area contributed by atoms with E-state index in [4.69, 9.17) is 0 Å². The van der Waals surface area contributed by atoms with Crippen molar-refractivity contribution in [3.8, 4) is 11.8 Å². The van der Waals surface area contributed by atoms with Crippen molar-refractivity contribution >= 4 is 22.3 Å². The zero-order valence-electron chi connectivity index (χ0n) is 34.7. The molecule has 0 aliphatic carbocycles. The van der Waals surface area contributed by atoms with Crippen molar-refractivity contribution in [2.75, 3.05) is 0 Å². The van der Waals surface area contributed by atoms with Gasteiger partial charge in [-0.25, -0.2) is 13.7 Å². The van der Waals surface area contributed by atoms with E-state index in [1.54, 1.807) is 13.0 Å². The number of aryl methyl sites for hydroxylation is 5. The third kappa shape index (κ3) is 6.77. The number of fused-ring (bicyclic) bond motifs is 8. The number of H-pyrrole nitrogens is 4. The van der Waals surface area contributed by atoms with E-state index in [0.717, 1.165) is 100.0 Å². The first-order chi connectivity index (χ1) is 29.6. The van der Waals surface area contributed by atoms with Gasteiger partial charge in [0.05, 0.1) is 6.54 Å². The molecule has 61 heavy (non-hydrogen) atoms. The lowest BCUT2D eigenvalue weighted by Gasteiger charge is -2.11. The third-order valence-electron chi connectivity index (χ3n) is 11.9. The smallest absolute Gasteiger partial charge is 0.197 e. The van der Waals surface area contributed by atoms with E-state index in [1.807, 2.05) is 18.7 Å². The van der Waals surface area contributed by atoms with Crippen LogP contribution in [0.15, 0.2) is 146 Å². The predicted molar refractivity (Wildman–Crippen MR) is 234 cm³/mol. The lowest BCUT2D eigenvalue weighted by molar-refractivity contribution is -0.677. The summed E-state index contributed by atoms with van der Waals surface area (Å²) in [6.07, 6.45) is 10.4. The van der Waals surface area contributed by atoms with E-state index in [-0.39, 0.29) is 11.8 Å². The van der Waals surface area contributed by atoms with Gasteiger partial charge in [0.25, 0.3) is 0 Å². The molecule has 6 N–H and O–H groups in total. The monoisotopic (exact) mass is 803 g/mol. The molecule has 8 aromatic heterocycles. The van der Waals surface area contributed by atoms with Crippen LogP contribution in [0.4, 0.5) is 0 Å². The number of rotatable bonds is 6. The minimum atomic E-state index is 0.0317. The topological polar surface area (TPSA) is 120 Å². The van der Waals surface area contributed by atoms with Crippen molar-refractivity contribution in [3.05, 3.63) is 229 Å². The maximum Gasteiger partial charge on any atom is 0.197 e. The van der Waals surface area contributed by atoms with E-state index in [0.29, 0.717) is 12.1 Å². The molecule has 10 heteroatoms. The predicted octanol–water partition coefficient (Wildman–Crippen LogP) is 3.65. The molecule has 0 saturated heterocycles. The van der Waals surface area contributed by atoms with Crippen LogP contribution < -0.4 is 35.1 Å². The van der Waals surface area contributed by atoms with Gasteiger partial charge in [-0.05, 0) is 83.3 Å². The van der Waals surface area contributed by atoms with Crippen LogP contribution in [-0.4, -0.2) is 34.7 Å². The van der Waals surface area contributed by atoms with E-state index in [2.05, 4.69) is 183 Å². The number of hydrogen-bond acceptors (Lipinski definition) is 2. The van der Waals surface area contributed by atoms with Gasteiger partial charge in [-0.2, -0.15) is 0 Å². The number of nitrogens with zero attached hydrogens (tertiary/aromatic N) is 4. The molecular weight excluding hydrogens is 757 g/mol. The molecular formula is C51H47N8O2+3. The van der Waals surface area contributed by atoms with Gasteiger partial charge in [0.2, 0.25) is 0 Å². The van der Waals surface area contributed by atoms with Crippen LogP contribution in [0.1, 0.15) is 61.9 Å². The van der Waals surface area contributed by atoms with Crippen LogP contribution in [0.3, 0.4) is 0 Å². The third-order valence-corrected chi connectivity index (χ3v) is 11.9. The zero-order valence-corrected chi connectivity index (χ0v) is 34.7. The molecule has 1 aromatic carbocycles. The van der Waals surface area contributed by atoms with Crippen molar-refractivity contribution < 1.29 is 23.9 Å². The van der Waals surface area contributed by atoms with Crippen LogP contribution in [-0.2, 0) is 27.7 Å². The summed E-state index contributed by atoms with van der Waals surface area (Å²) in [5, 5.41) is 25.0. The average Bonchev–Trinajstić information content (AvgIpc) is 4.12. The Labute approximate surface area is 352 Å². The molecule has 1 aliphatic rings. The standard InChI is InChI=1S/C51H44N8O2/c1-31-28-46(60)59(51(31)61)30-33-6-8-34(9-7-33)47-38-10-11-40(52-38)48(35-18-23-56(3)24-19-35)41-12-13-42(53-41)49(36-20-25-57(4)26-21-36)43-15-17-45(55-43)50(44-16-14-39(47)54-44)37-22-27-58(5)32(2)29-37/h6-29,53,55H,30H2,1-5H3,(H,52,54)/p+3. The number of hydrogen-bond donors (Lipinski definition) is 6. The Balaban J connectivity index is 1.27. The summed E-state index contributed by atoms with van der Waals surface area (Å²) in [7, 11) is 6.13. The van der Waals surface area contributed by atoms with E-state index in [9.17, 15) is 10.2 Å². The summed E-state index contributed by atoms with van der Waals surface area (Å²) in [4.78, 5) is 15.5. The molecule has 300 valence electrons. The Hall–Kier alpha value is -7.85. The van der Waals surface area contributed by atoms with Gasteiger partial charge in [0.1, 0.15) is 21.1 Å². The Bertz CT molecular complexity index is 3390. The van der Waals surface area contributed by atoms with Gasteiger partial charge < -0.3 is 30.1 Å². The van der Waals surface area contributed by atoms with Gasteiger partial charge in [-0.15, -0.1) is 0 Å². The van der Waals surface area contributed by atoms with Crippen molar-refractivity contribution in [3.63, 3.8) is 0 Å². The fraction of sp³-hybridized carbons (Fsp3) is 0.118. The quantitative estimate of drug-likeness (QED) is 0.144. The van der Waals surface area contributed by atoms with Gasteiger partial charge in [-0.3, -0.25) is 4.57 Å². The second-order valence-corrected chi connectivity index (χ2v) is 16.1. The Kier molecular flexibility index (Phi) is 9.05. The summed E-state index contributed by atoms with van der Waals surface area (Å²) in [6, 6.07) is 40.3. The number of aromatic hydroxyl groups is 2. The molecule has 0 fully saturated rings. The van der Waals surface area contributed by atoms with Crippen molar-refractivity contribution in [1.29, 1.82) is 0 Å². The zero-order chi connectivity index (χ0) is 41.9. The van der Waals surface area contributed by atoms with Crippen molar-refractivity contribution in [1.82, 2.24) is 24.5 Å². The van der Waals surface area contributed by atoms with Crippen LogP contribution in [0, 0.1) is 13.8 Å². The molecule has 0 amide bonds. The minimum absolute atomic E-state index is 0.0317. The number of aromatic amines is 4. The number of aromatic nitrogens is 8. The van der Waals surface area contributed by atoms with E-state index in [1.165, 1.54) is 4.57 Å². The number of benzene rings is 1. The van der Waals surface area contributed by atoms with E-state index < -0.39 is 0 Å². The molecule has 10 rings (SSSR count). The summed E-state index contributed by atoms with van der Waals surface area (Å²) in [5.74, 6) is 0.0934. The molecule has 9 aromatic rings. The summed E-state index contributed by atoms with van der Waals surface area (Å²) in [6.45, 7) is 4.24. The lowest BCUT2D eigenvalue weighted by atomic mass is 10.0. The molecule has 0 unspecified atom stereocenters. The highest BCUT2D eigenvalue weighted by atomic mass is 16.3. The molecule has 9 heterocycles. The van der Waals surface area contributed by atoms with Crippen LogP contribution >= 0.6 is 0 Å². The van der Waals surface area contributed by atoms with Crippen LogP contribution in [0.5, 0.6) is 11.8 Å². The molecule has 10 nitrogen and oxygen atoms in total. The second-order valence-electron chi connectivity index (χ2n) is 16.1. The highest BCUT2D eigenvalue weighted by Crippen LogP contribution is 2.30. The Morgan fingerprint density at radius 2 is 0.869 bits per heavy atom. The summed E-state index contributed by atoms with van der Waals surface area (Å²) in [5.41, 5.74) is 15.0. The van der Waals surface area contributed by atoms with Gasteiger partial charge in [0.15, 0.2) is 48.4 Å². The van der Waals surface area contributed by atoms with Crippen LogP contribution in [0.2, 0.25) is 0 Å². The molecule has 0 saturated carbocycles. The number of nitrogens with one attached hydrogen (secondary N) is 4. The normalized spacial score (nSPS) is 12.7. The minimum Gasteiger partial charge on any atom is -0.494 e. The second kappa shape index (κ2) is 14.8. The summed E-state index contributed by atoms with van der Waals surface area (Å²) >= 11 is 0. The van der Waals surface area contributed by atoms with Crippen LogP contribution in [0.25, 0.3) is 22.3 Å². The fourth-order valence-electron chi connectivity index (χ4n) is 8.52. The van der Waals surface area contributed by atoms with Crippen molar-refractivity contribution in [2.24, 2.45) is 21.1 Å².